The van der Waals surface area contributed by atoms with Gasteiger partial charge in [-0.05, 0) is 48.6 Å². The third-order valence-corrected chi connectivity index (χ3v) is 5.75. The average Bonchev–Trinajstić information content (AvgIpc) is 2.86. The fourth-order valence-electron chi connectivity index (χ4n) is 3.88. The van der Waals surface area contributed by atoms with Crippen LogP contribution in [0.1, 0.15) is 43.9 Å². The minimum atomic E-state index is -0.702. The molecule has 8 heteroatoms. The van der Waals surface area contributed by atoms with Crippen molar-refractivity contribution in [3.63, 3.8) is 0 Å². The number of nitriles is 1. The molecule has 0 aliphatic carbocycles. The van der Waals surface area contributed by atoms with Gasteiger partial charge in [0.15, 0.2) is 0 Å². The lowest BCUT2D eigenvalue weighted by molar-refractivity contribution is -0.124. The van der Waals surface area contributed by atoms with E-state index in [1.165, 1.54) is 6.08 Å². The number of nitrogens with zero attached hydrogens (tertiary/aromatic N) is 1. The van der Waals surface area contributed by atoms with Crippen LogP contribution in [0, 0.1) is 16.7 Å². The van der Waals surface area contributed by atoms with Gasteiger partial charge < -0.3 is 9.84 Å². The van der Waals surface area contributed by atoms with Gasteiger partial charge in [-0.2, -0.15) is 5.26 Å². The van der Waals surface area contributed by atoms with Gasteiger partial charge >= 0.3 is 6.09 Å². The Labute approximate surface area is 203 Å². The maximum atomic E-state index is 12.9. The van der Waals surface area contributed by atoms with Crippen molar-refractivity contribution in [1.29, 1.82) is 5.26 Å². The van der Waals surface area contributed by atoms with Gasteiger partial charge in [0, 0.05) is 28.1 Å². The number of ether oxygens (including phenoxy) is 1. The van der Waals surface area contributed by atoms with Gasteiger partial charge in [0.2, 0.25) is 0 Å². The second-order valence-electron chi connectivity index (χ2n) is 8.72. The first kappa shape index (κ1) is 25.3. The van der Waals surface area contributed by atoms with Crippen molar-refractivity contribution in [3.8, 4) is 11.8 Å². The summed E-state index contributed by atoms with van der Waals surface area (Å²) in [7, 11) is 0. The Bertz CT molecular complexity index is 1280. The normalized spacial score (nSPS) is 12.2. The molecule has 4 N–H and O–H groups in total. The standard InChI is InChI=1S/C27H27N3O5/c1-27(2,16-6-5-9-24(32)30-34)25(22-14-15-23(31)21-8-4-3-7-20(21)22)35-26(33)29-19-12-10-18(17-28)11-13-19/h3-5,7-15,25,31,34H,6,16H2,1-2H3,(H,29,33)(H,30,32)/b9-5+/t25-/m0/s1. The molecular formula is C27H27N3O5. The molecule has 3 aromatic carbocycles. The molecule has 0 aliphatic heterocycles. The molecule has 0 aliphatic rings. The number of carbonyl (C=O) groups is 2. The van der Waals surface area contributed by atoms with E-state index in [2.05, 4.69) is 5.32 Å². The zero-order valence-electron chi connectivity index (χ0n) is 19.5. The largest absolute Gasteiger partial charge is 0.507 e. The minimum absolute atomic E-state index is 0.126. The van der Waals surface area contributed by atoms with Gasteiger partial charge in [-0.15, -0.1) is 0 Å². The van der Waals surface area contributed by atoms with Crippen LogP contribution in [-0.4, -0.2) is 22.3 Å². The van der Waals surface area contributed by atoms with Crippen LogP contribution in [0.3, 0.4) is 0 Å². The molecule has 0 spiro atoms. The number of phenols is 1. The molecule has 8 nitrogen and oxygen atoms in total. The van der Waals surface area contributed by atoms with Gasteiger partial charge in [-0.25, -0.2) is 10.3 Å². The molecule has 0 bridgehead atoms. The van der Waals surface area contributed by atoms with Crippen LogP contribution in [0.4, 0.5) is 10.5 Å². The van der Waals surface area contributed by atoms with Gasteiger partial charge in [0.25, 0.3) is 5.91 Å². The molecule has 3 aromatic rings. The summed E-state index contributed by atoms with van der Waals surface area (Å²) in [6, 6.07) is 19.1. The predicted octanol–water partition coefficient (Wildman–Crippen LogP) is 5.57. The molecule has 0 radical (unpaired) electrons. The lowest BCUT2D eigenvalue weighted by atomic mass is 9.77. The highest BCUT2D eigenvalue weighted by Crippen LogP contribution is 2.44. The van der Waals surface area contributed by atoms with Crippen molar-refractivity contribution in [1.82, 2.24) is 5.48 Å². The number of carbonyl (C=O) groups excluding carboxylic acids is 2. The molecule has 0 saturated heterocycles. The molecule has 0 saturated carbocycles. The number of rotatable bonds is 8. The molecule has 0 unspecified atom stereocenters. The third-order valence-electron chi connectivity index (χ3n) is 5.75. The molecule has 2 amide bonds. The first-order valence-corrected chi connectivity index (χ1v) is 11.0. The number of benzene rings is 3. The third kappa shape index (κ3) is 6.37. The van der Waals surface area contributed by atoms with Gasteiger partial charge in [0.05, 0.1) is 11.6 Å². The van der Waals surface area contributed by atoms with E-state index in [-0.39, 0.29) is 5.75 Å². The zero-order valence-corrected chi connectivity index (χ0v) is 19.5. The van der Waals surface area contributed by atoms with Gasteiger partial charge in [-0.3, -0.25) is 15.3 Å². The van der Waals surface area contributed by atoms with Crippen LogP contribution in [-0.2, 0) is 9.53 Å². The van der Waals surface area contributed by atoms with Crippen LogP contribution in [0.2, 0.25) is 0 Å². The number of aromatic hydroxyl groups is 1. The van der Waals surface area contributed by atoms with Gasteiger partial charge in [0.1, 0.15) is 11.9 Å². The van der Waals surface area contributed by atoms with E-state index in [0.717, 1.165) is 10.9 Å². The number of hydroxylamine groups is 1. The lowest BCUT2D eigenvalue weighted by Crippen LogP contribution is -2.29. The van der Waals surface area contributed by atoms with E-state index in [1.54, 1.807) is 54.0 Å². The summed E-state index contributed by atoms with van der Waals surface area (Å²) < 4.78 is 5.97. The quantitative estimate of drug-likeness (QED) is 0.192. The van der Waals surface area contributed by atoms with E-state index in [1.807, 2.05) is 38.1 Å². The topological polar surface area (TPSA) is 132 Å². The molecule has 1 atom stereocenters. The maximum absolute atomic E-state index is 12.9. The van der Waals surface area contributed by atoms with E-state index in [4.69, 9.17) is 15.2 Å². The van der Waals surface area contributed by atoms with Crippen LogP contribution in [0.15, 0.2) is 72.8 Å². The van der Waals surface area contributed by atoms with Crippen LogP contribution in [0.25, 0.3) is 10.8 Å². The van der Waals surface area contributed by atoms with Crippen LogP contribution < -0.4 is 10.8 Å². The first-order chi connectivity index (χ1) is 16.7. The molecule has 0 fully saturated rings. The molecule has 0 heterocycles. The zero-order chi connectivity index (χ0) is 25.4. The summed E-state index contributed by atoms with van der Waals surface area (Å²) in [6.45, 7) is 3.91. The maximum Gasteiger partial charge on any atom is 0.412 e. The Morgan fingerprint density at radius 1 is 1.09 bits per heavy atom. The number of anilines is 1. The average molecular weight is 474 g/mol. The second kappa shape index (κ2) is 11.2. The Balaban J connectivity index is 1.91. The van der Waals surface area contributed by atoms with Crippen molar-refractivity contribution >= 4 is 28.5 Å². The summed E-state index contributed by atoms with van der Waals surface area (Å²) in [6.07, 6.45) is 2.54. The van der Waals surface area contributed by atoms with E-state index < -0.39 is 23.5 Å². The first-order valence-electron chi connectivity index (χ1n) is 11.0. The predicted molar refractivity (Wildman–Crippen MR) is 132 cm³/mol. The fraction of sp³-hybridized carbons (Fsp3) is 0.222. The Hall–Kier alpha value is -4.35. The summed E-state index contributed by atoms with van der Waals surface area (Å²) in [5.74, 6) is -0.497. The highest BCUT2D eigenvalue weighted by Gasteiger charge is 2.35. The fourth-order valence-corrected chi connectivity index (χ4v) is 3.88. The number of fused-ring (bicyclic) bond motifs is 1. The molecular weight excluding hydrogens is 446 g/mol. The molecule has 3 rings (SSSR count). The second-order valence-corrected chi connectivity index (χ2v) is 8.72. The number of amides is 2. The van der Waals surface area contributed by atoms with Crippen molar-refractivity contribution in [2.24, 2.45) is 5.41 Å². The highest BCUT2D eigenvalue weighted by atomic mass is 16.6. The van der Waals surface area contributed by atoms with Crippen molar-refractivity contribution in [2.45, 2.75) is 32.8 Å². The molecule has 180 valence electrons. The summed E-state index contributed by atoms with van der Waals surface area (Å²) in [5.41, 5.74) is 2.66. The van der Waals surface area contributed by atoms with Gasteiger partial charge in [-0.1, -0.05) is 50.3 Å². The highest BCUT2D eigenvalue weighted by molar-refractivity contribution is 5.92. The number of phenolic OH excluding ortho intramolecular Hbond substituents is 1. The van der Waals surface area contributed by atoms with E-state index >= 15 is 0 Å². The van der Waals surface area contributed by atoms with E-state index in [9.17, 15) is 14.7 Å². The molecule has 35 heavy (non-hydrogen) atoms. The number of allylic oxidation sites excluding steroid dienone is 1. The Kier molecular flexibility index (Phi) is 8.08. The molecule has 0 aromatic heterocycles. The number of hydrogen-bond acceptors (Lipinski definition) is 6. The summed E-state index contributed by atoms with van der Waals surface area (Å²) >= 11 is 0. The van der Waals surface area contributed by atoms with E-state index in [0.29, 0.717) is 29.5 Å². The Morgan fingerprint density at radius 2 is 1.77 bits per heavy atom. The Morgan fingerprint density at radius 3 is 2.43 bits per heavy atom. The monoisotopic (exact) mass is 473 g/mol. The number of hydrogen-bond donors (Lipinski definition) is 4. The number of nitrogens with one attached hydrogen (secondary N) is 2. The van der Waals surface area contributed by atoms with Crippen molar-refractivity contribution < 1.29 is 24.6 Å². The van der Waals surface area contributed by atoms with Crippen molar-refractivity contribution in [3.05, 3.63) is 83.9 Å². The smallest absolute Gasteiger partial charge is 0.412 e. The summed E-state index contributed by atoms with van der Waals surface area (Å²) in [5, 5.41) is 32.1. The minimum Gasteiger partial charge on any atom is -0.507 e. The van der Waals surface area contributed by atoms with Crippen LogP contribution in [0.5, 0.6) is 5.75 Å². The summed E-state index contributed by atoms with van der Waals surface area (Å²) in [4.78, 5) is 24.2. The van der Waals surface area contributed by atoms with Crippen LogP contribution >= 0.6 is 0 Å². The van der Waals surface area contributed by atoms with Crippen molar-refractivity contribution in [2.75, 3.05) is 5.32 Å². The SMILES string of the molecule is CC(C)(CC/C=C/C(=O)NO)[C@@H](OC(=O)Nc1ccc(C#N)cc1)c1ccc(O)c2ccccc12. The lowest BCUT2D eigenvalue weighted by Gasteiger charge is -2.35.